The number of rotatable bonds is 5. The Morgan fingerprint density at radius 1 is 1.56 bits per heavy atom. The molecule has 0 spiro atoms. The molecule has 0 aliphatic heterocycles. The van der Waals surface area contributed by atoms with Crippen LogP contribution in [0, 0.1) is 11.3 Å². The SMILES string of the molecule is CC(Cn1cccn1)NCc1cc(C#N)n(C)c1. The zero-order valence-corrected chi connectivity index (χ0v) is 10.7. The van der Waals surface area contributed by atoms with Gasteiger partial charge in [0.25, 0.3) is 0 Å². The maximum absolute atomic E-state index is 8.88. The van der Waals surface area contributed by atoms with Gasteiger partial charge in [-0.05, 0) is 24.6 Å². The van der Waals surface area contributed by atoms with Crippen molar-refractivity contribution in [3.8, 4) is 6.07 Å². The Balaban J connectivity index is 1.85. The number of aryl methyl sites for hydroxylation is 1. The van der Waals surface area contributed by atoms with Gasteiger partial charge in [0.05, 0.1) is 6.54 Å². The molecule has 2 aromatic rings. The van der Waals surface area contributed by atoms with Gasteiger partial charge in [0.1, 0.15) is 11.8 Å². The smallest absolute Gasteiger partial charge is 0.120 e. The van der Waals surface area contributed by atoms with Crippen molar-refractivity contribution in [3.05, 3.63) is 42.0 Å². The van der Waals surface area contributed by atoms with Crippen molar-refractivity contribution < 1.29 is 0 Å². The van der Waals surface area contributed by atoms with E-state index in [1.54, 1.807) is 6.20 Å². The molecule has 0 fully saturated rings. The lowest BCUT2D eigenvalue weighted by atomic mass is 10.2. The molecule has 5 nitrogen and oxygen atoms in total. The van der Waals surface area contributed by atoms with Gasteiger partial charge in [-0.3, -0.25) is 4.68 Å². The molecule has 2 aromatic heterocycles. The van der Waals surface area contributed by atoms with Gasteiger partial charge in [-0.25, -0.2) is 0 Å². The third kappa shape index (κ3) is 2.99. The topological polar surface area (TPSA) is 58.6 Å². The van der Waals surface area contributed by atoms with Crippen molar-refractivity contribution in [2.45, 2.75) is 26.1 Å². The summed E-state index contributed by atoms with van der Waals surface area (Å²) in [6.45, 7) is 3.72. The van der Waals surface area contributed by atoms with Gasteiger partial charge in [0.15, 0.2) is 0 Å². The highest BCUT2D eigenvalue weighted by Gasteiger charge is 2.05. The first kappa shape index (κ1) is 12.4. The second kappa shape index (κ2) is 5.52. The zero-order chi connectivity index (χ0) is 13.0. The average molecular weight is 243 g/mol. The van der Waals surface area contributed by atoms with E-state index in [0.717, 1.165) is 18.7 Å². The molecule has 0 amide bonds. The molecule has 1 unspecified atom stereocenters. The van der Waals surface area contributed by atoms with Gasteiger partial charge in [-0.15, -0.1) is 0 Å². The van der Waals surface area contributed by atoms with E-state index in [1.807, 2.05) is 40.8 Å². The van der Waals surface area contributed by atoms with E-state index in [0.29, 0.717) is 11.7 Å². The summed E-state index contributed by atoms with van der Waals surface area (Å²) >= 11 is 0. The summed E-state index contributed by atoms with van der Waals surface area (Å²) in [6, 6.07) is 6.32. The lowest BCUT2D eigenvalue weighted by Crippen LogP contribution is -2.30. The van der Waals surface area contributed by atoms with Crippen LogP contribution in [0.1, 0.15) is 18.2 Å². The molecular weight excluding hydrogens is 226 g/mol. The Bertz CT molecular complexity index is 532. The molecule has 5 heteroatoms. The molecular formula is C13H17N5. The van der Waals surface area contributed by atoms with Crippen LogP contribution in [-0.4, -0.2) is 20.4 Å². The van der Waals surface area contributed by atoms with Crippen molar-refractivity contribution in [2.24, 2.45) is 7.05 Å². The van der Waals surface area contributed by atoms with Crippen LogP contribution in [0.5, 0.6) is 0 Å². The van der Waals surface area contributed by atoms with E-state index in [1.165, 1.54) is 0 Å². The first-order valence-electron chi connectivity index (χ1n) is 5.95. The minimum Gasteiger partial charge on any atom is -0.342 e. The lowest BCUT2D eigenvalue weighted by Gasteiger charge is -2.13. The van der Waals surface area contributed by atoms with Crippen molar-refractivity contribution in [1.82, 2.24) is 19.7 Å². The number of nitrogens with zero attached hydrogens (tertiary/aromatic N) is 4. The van der Waals surface area contributed by atoms with Gasteiger partial charge >= 0.3 is 0 Å². The maximum Gasteiger partial charge on any atom is 0.120 e. The lowest BCUT2D eigenvalue weighted by molar-refractivity contribution is 0.451. The van der Waals surface area contributed by atoms with Gasteiger partial charge < -0.3 is 9.88 Å². The summed E-state index contributed by atoms with van der Waals surface area (Å²) < 4.78 is 3.75. The Kier molecular flexibility index (Phi) is 3.80. The summed E-state index contributed by atoms with van der Waals surface area (Å²) in [4.78, 5) is 0. The Morgan fingerprint density at radius 3 is 3.00 bits per heavy atom. The van der Waals surface area contributed by atoms with E-state index in [9.17, 15) is 0 Å². The van der Waals surface area contributed by atoms with E-state index < -0.39 is 0 Å². The molecule has 0 saturated heterocycles. The minimum atomic E-state index is 0.329. The standard InChI is InChI=1S/C13H17N5/c1-11(9-18-5-3-4-16-18)15-8-12-6-13(7-14)17(2)10-12/h3-6,10-11,15H,8-9H2,1-2H3. The van der Waals surface area contributed by atoms with Crippen LogP contribution >= 0.6 is 0 Å². The summed E-state index contributed by atoms with van der Waals surface area (Å²) in [7, 11) is 1.88. The molecule has 0 radical (unpaired) electrons. The molecule has 18 heavy (non-hydrogen) atoms. The molecule has 0 aromatic carbocycles. The highest BCUT2D eigenvalue weighted by molar-refractivity contribution is 5.28. The molecule has 0 aliphatic carbocycles. The largest absolute Gasteiger partial charge is 0.342 e. The van der Waals surface area contributed by atoms with Crippen molar-refractivity contribution in [3.63, 3.8) is 0 Å². The molecule has 1 N–H and O–H groups in total. The number of nitriles is 1. The maximum atomic E-state index is 8.88. The van der Waals surface area contributed by atoms with Crippen molar-refractivity contribution in [1.29, 1.82) is 5.26 Å². The monoisotopic (exact) mass is 243 g/mol. The van der Waals surface area contributed by atoms with Crippen LogP contribution in [0.2, 0.25) is 0 Å². The third-order valence-corrected chi connectivity index (χ3v) is 2.85. The van der Waals surface area contributed by atoms with Crippen LogP contribution in [-0.2, 0) is 20.1 Å². The molecule has 2 heterocycles. The van der Waals surface area contributed by atoms with E-state index in [-0.39, 0.29) is 0 Å². The van der Waals surface area contributed by atoms with Gasteiger partial charge in [0, 0.05) is 38.2 Å². The fourth-order valence-electron chi connectivity index (χ4n) is 1.89. The first-order chi connectivity index (χ1) is 8.69. The van der Waals surface area contributed by atoms with E-state index in [4.69, 9.17) is 5.26 Å². The molecule has 0 aliphatic rings. The predicted octanol–water partition coefficient (Wildman–Crippen LogP) is 1.27. The van der Waals surface area contributed by atoms with Gasteiger partial charge in [-0.2, -0.15) is 10.4 Å². The summed E-state index contributed by atoms with van der Waals surface area (Å²) in [5.41, 5.74) is 1.81. The van der Waals surface area contributed by atoms with E-state index in [2.05, 4.69) is 23.4 Å². The van der Waals surface area contributed by atoms with Gasteiger partial charge in [0.2, 0.25) is 0 Å². The normalized spacial score (nSPS) is 12.3. The van der Waals surface area contributed by atoms with Crippen LogP contribution in [0.25, 0.3) is 0 Å². The highest BCUT2D eigenvalue weighted by Crippen LogP contribution is 2.06. The van der Waals surface area contributed by atoms with Crippen LogP contribution in [0.3, 0.4) is 0 Å². The van der Waals surface area contributed by atoms with Gasteiger partial charge in [-0.1, -0.05) is 0 Å². The predicted molar refractivity (Wildman–Crippen MR) is 68.7 cm³/mol. The third-order valence-electron chi connectivity index (χ3n) is 2.85. The molecule has 1 atom stereocenters. The minimum absolute atomic E-state index is 0.329. The second-order valence-corrected chi connectivity index (χ2v) is 4.47. The summed E-state index contributed by atoms with van der Waals surface area (Å²) in [5, 5.41) is 16.5. The molecule has 94 valence electrons. The van der Waals surface area contributed by atoms with Crippen LogP contribution < -0.4 is 5.32 Å². The summed E-state index contributed by atoms with van der Waals surface area (Å²) in [6.07, 6.45) is 5.71. The first-order valence-corrected chi connectivity index (χ1v) is 5.95. The quantitative estimate of drug-likeness (QED) is 0.860. The van der Waals surface area contributed by atoms with Crippen LogP contribution in [0.15, 0.2) is 30.7 Å². The zero-order valence-electron chi connectivity index (χ0n) is 10.7. The van der Waals surface area contributed by atoms with Crippen LogP contribution in [0.4, 0.5) is 0 Å². The van der Waals surface area contributed by atoms with Crippen molar-refractivity contribution >= 4 is 0 Å². The molecule has 0 bridgehead atoms. The second-order valence-electron chi connectivity index (χ2n) is 4.47. The summed E-state index contributed by atoms with van der Waals surface area (Å²) in [5.74, 6) is 0. The number of nitrogens with one attached hydrogen (secondary N) is 1. The fraction of sp³-hybridized carbons (Fsp3) is 0.385. The number of aromatic nitrogens is 3. The Labute approximate surface area is 107 Å². The molecule has 0 saturated carbocycles. The Morgan fingerprint density at radius 2 is 2.39 bits per heavy atom. The average Bonchev–Trinajstić information content (AvgIpc) is 2.96. The highest BCUT2D eigenvalue weighted by atomic mass is 15.3. The van der Waals surface area contributed by atoms with Crippen molar-refractivity contribution in [2.75, 3.05) is 0 Å². The fourth-order valence-corrected chi connectivity index (χ4v) is 1.89. The molecule has 2 rings (SSSR count). The number of hydrogen-bond donors (Lipinski definition) is 1. The number of hydrogen-bond acceptors (Lipinski definition) is 3. The van der Waals surface area contributed by atoms with E-state index >= 15 is 0 Å². The Hall–Kier alpha value is -2.06.